The van der Waals surface area contributed by atoms with E-state index in [0.29, 0.717) is 34.1 Å². The third-order valence-corrected chi connectivity index (χ3v) is 19.3. The largest absolute Gasteiger partial charge is 0.505 e. The van der Waals surface area contributed by atoms with Crippen molar-refractivity contribution in [2.24, 2.45) is 23.7 Å². The van der Waals surface area contributed by atoms with Crippen LogP contribution in [0.25, 0.3) is 33.0 Å². The third-order valence-electron chi connectivity index (χ3n) is 16.1. The van der Waals surface area contributed by atoms with Gasteiger partial charge in [-0.3, -0.25) is 19.2 Å². The van der Waals surface area contributed by atoms with Crippen molar-refractivity contribution in [3.8, 4) is 11.5 Å². The summed E-state index contributed by atoms with van der Waals surface area (Å²) in [5.41, 5.74) is 2.16. The van der Waals surface area contributed by atoms with Crippen molar-refractivity contribution in [3.05, 3.63) is 75.2 Å². The van der Waals surface area contributed by atoms with E-state index in [1.54, 1.807) is 58.9 Å². The number of fused-ring (bicyclic) bond motifs is 6. The maximum Gasteiger partial charge on any atom is 0.312 e. The summed E-state index contributed by atoms with van der Waals surface area (Å²) >= 11 is 4.01. The molecular weight excluding hydrogens is 973 g/mol. The first kappa shape index (κ1) is 52.7. The van der Waals surface area contributed by atoms with Crippen molar-refractivity contribution < 1.29 is 53.1 Å². The molecule has 18 heteroatoms. The van der Waals surface area contributed by atoms with Gasteiger partial charge in [0.05, 0.1) is 35.5 Å². The maximum atomic E-state index is 15.1. The number of phenols is 1. The minimum atomic E-state index is -2.04. The highest BCUT2D eigenvalue weighted by molar-refractivity contribution is 8.19. The highest BCUT2D eigenvalue weighted by Gasteiger charge is 2.50. The van der Waals surface area contributed by atoms with Crippen LogP contribution >= 0.6 is 23.5 Å². The van der Waals surface area contributed by atoms with Gasteiger partial charge in [0.25, 0.3) is 11.7 Å². The molecule has 11 unspecified atom stereocenters. The second-order valence-electron chi connectivity index (χ2n) is 20.9. The number of ether oxygens (including phenoxy) is 4. The molecule has 8 bridgehead atoms. The molecule has 11 atom stereocenters. The van der Waals surface area contributed by atoms with Gasteiger partial charge in [-0.25, -0.2) is 4.98 Å². The van der Waals surface area contributed by atoms with Crippen LogP contribution in [0.3, 0.4) is 0 Å². The molecule has 1 aromatic heterocycles. The van der Waals surface area contributed by atoms with Crippen molar-refractivity contribution in [2.75, 3.05) is 49.1 Å². The molecule has 4 N–H and O–H groups in total. The number of nitrogens with one attached hydrogen (secondary N) is 1. The molecule has 2 saturated heterocycles. The first-order valence-corrected chi connectivity index (χ1v) is 27.4. The van der Waals surface area contributed by atoms with E-state index in [1.165, 1.54) is 34.1 Å². The highest BCUT2D eigenvalue weighted by atomic mass is 32.2. The van der Waals surface area contributed by atoms with Crippen molar-refractivity contribution in [2.45, 2.75) is 128 Å². The van der Waals surface area contributed by atoms with Crippen molar-refractivity contribution in [3.63, 3.8) is 0 Å². The SMILES string of the molecule is COC1/C=C/OC2(C)Oc3c(C)c(=O)c4c(O)c(c5oc6cc7cc(c6nc5c4c3C2=O)CCC2SCSC2CN(C)C2CCN7CC2)NC(=O)C(C)=C/C=C/C(C)C(O)C(C)C(O)C(C)C(OC(C)=O)C1C. The van der Waals surface area contributed by atoms with Crippen LogP contribution in [-0.2, 0) is 30.2 Å². The minimum Gasteiger partial charge on any atom is -0.505 e. The van der Waals surface area contributed by atoms with E-state index in [1.807, 2.05) is 29.6 Å². The monoisotopic (exact) mass is 1040 g/mol. The Kier molecular flexibility index (Phi) is 15.1. The zero-order chi connectivity index (χ0) is 52.4. The quantitative estimate of drug-likeness (QED) is 0.0648. The van der Waals surface area contributed by atoms with Gasteiger partial charge in [0.1, 0.15) is 28.6 Å². The maximum absolute atomic E-state index is 15.1. The Morgan fingerprint density at radius 1 is 0.945 bits per heavy atom. The van der Waals surface area contributed by atoms with Crippen molar-refractivity contribution in [1.82, 2.24) is 9.88 Å². The van der Waals surface area contributed by atoms with E-state index in [9.17, 15) is 29.7 Å². The molecule has 392 valence electrons. The van der Waals surface area contributed by atoms with Crippen LogP contribution in [-0.4, -0.2) is 128 Å². The molecule has 16 nitrogen and oxygen atoms in total. The normalized spacial score (nSPS) is 32.6. The number of methoxy groups -OCH3 is 1. The predicted molar refractivity (Wildman–Crippen MR) is 286 cm³/mol. The van der Waals surface area contributed by atoms with Crippen molar-refractivity contribution >= 4 is 85.5 Å². The first-order valence-electron chi connectivity index (χ1n) is 25.3. The van der Waals surface area contributed by atoms with E-state index in [4.69, 9.17) is 28.3 Å². The zero-order valence-corrected chi connectivity index (χ0v) is 44.9. The number of aliphatic hydroxyl groups is 2. The highest BCUT2D eigenvalue weighted by Crippen LogP contribution is 2.49. The Bertz CT molecular complexity index is 3000. The summed E-state index contributed by atoms with van der Waals surface area (Å²) in [5.74, 6) is -7.08. The van der Waals surface area contributed by atoms with Crippen molar-refractivity contribution in [1.29, 1.82) is 0 Å². The number of aliphatic hydroxyl groups excluding tert-OH is 2. The molecule has 0 radical (unpaired) electrons. The van der Waals surface area contributed by atoms with E-state index in [-0.39, 0.29) is 50.0 Å². The van der Waals surface area contributed by atoms with Crippen LogP contribution in [0.1, 0.15) is 89.2 Å². The van der Waals surface area contributed by atoms with Gasteiger partial charge in [0.15, 0.2) is 22.3 Å². The fourth-order valence-electron chi connectivity index (χ4n) is 11.5. The minimum absolute atomic E-state index is 0.0107. The lowest BCUT2D eigenvalue weighted by Crippen LogP contribution is -2.46. The molecule has 0 saturated carbocycles. The number of esters is 1. The number of piperidine rings is 1. The topological polar surface area (TPSA) is 210 Å². The number of anilines is 2. The molecule has 0 aliphatic carbocycles. The van der Waals surface area contributed by atoms with E-state index in [2.05, 4.69) is 28.2 Å². The van der Waals surface area contributed by atoms with Crippen LogP contribution in [0.15, 0.2) is 57.5 Å². The lowest BCUT2D eigenvalue weighted by molar-refractivity contribution is -0.160. The number of rotatable bonds is 2. The molecule has 6 aliphatic rings. The number of aryl methyl sites for hydroxylation is 1. The number of carbonyl (C=O) groups excluding carboxylic acids is 3. The van der Waals surface area contributed by atoms with Gasteiger partial charge in [-0.1, -0.05) is 45.9 Å². The number of Topliss-reactive ketones (excluding diaryl/α,β-unsaturated/α-hetero) is 1. The van der Waals surface area contributed by atoms with Crippen LogP contribution in [0.2, 0.25) is 0 Å². The number of carbonyl (C=O) groups is 3. The van der Waals surface area contributed by atoms with Crippen LogP contribution in [0, 0.1) is 30.6 Å². The lowest BCUT2D eigenvalue weighted by Gasteiger charge is -2.38. The van der Waals surface area contributed by atoms with E-state index >= 15 is 4.79 Å². The molecule has 10 rings (SSSR count). The summed E-state index contributed by atoms with van der Waals surface area (Å²) in [6, 6.07) is 4.61. The number of aromatic hydroxyl groups is 1. The molecule has 2 fully saturated rings. The fraction of sp³-hybridized carbons (Fsp3) is 0.545. The van der Waals surface area contributed by atoms with Gasteiger partial charge < -0.3 is 53.8 Å². The van der Waals surface area contributed by atoms with Gasteiger partial charge in [-0.05, 0) is 64.3 Å². The molecule has 1 amide bonds. The molecule has 4 aromatic rings. The van der Waals surface area contributed by atoms with Gasteiger partial charge in [-0.2, -0.15) is 0 Å². The van der Waals surface area contributed by atoms with Crippen LogP contribution < -0.4 is 20.4 Å². The Balaban J connectivity index is 1.25. The second-order valence-corrected chi connectivity index (χ2v) is 23.7. The molecular formula is C55H68N4O12S2. The summed E-state index contributed by atoms with van der Waals surface area (Å²) in [4.78, 5) is 66.9. The number of hydrogen-bond acceptors (Lipinski definition) is 17. The summed E-state index contributed by atoms with van der Waals surface area (Å²) in [6.45, 7) is 15.5. The number of allylic oxidation sites excluding steroid dienone is 2. The second kappa shape index (κ2) is 20.9. The smallest absolute Gasteiger partial charge is 0.312 e. The Morgan fingerprint density at radius 3 is 2.38 bits per heavy atom. The third kappa shape index (κ3) is 9.76. The molecule has 73 heavy (non-hydrogen) atoms. The number of ketones is 1. The number of phenolic OH excluding ortho intramolecular Hbond substituents is 1. The number of benzene rings is 3. The predicted octanol–water partition coefficient (Wildman–Crippen LogP) is 8.02. The Hall–Kier alpha value is -5.11. The van der Waals surface area contributed by atoms with Gasteiger partial charge >= 0.3 is 11.8 Å². The first-order chi connectivity index (χ1) is 34.7. The average molecular weight is 1040 g/mol. The van der Waals surface area contributed by atoms with Gasteiger partial charge in [-0.15, -0.1) is 23.5 Å². The zero-order valence-electron chi connectivity index (χ0n) is 43.2. The number of hydrogen-bond donors (Lipinski definition) is 4. The summed E-state index contributed by atoms with van der Waals surface area (Å²) in [5, 5.41) is 40.1. The van der Waals surface area contributed by atoms with E-state index < -0.39 is 82.7 Å². The van der Waals surface area contributed by atoms with E-state index in [0.717, 1.165) is 55.2 Å². The number of nitrogens with zero attached hydrogens (tertiary/aromatic N) is 3. The summed E-state index contributed by atoms with van der Waals surface area (Å²) in [7, 11) is 3.72. The average Bonchev–Trinajstić information content (AvgIpc) is 3.93. The standard InChI is InChI=1S/C55H68N4O12S2/c1-26-12-11-13-27(2)54(66)57-45-49(64)41-40(44-52(45)70-37-23-35-22-33(43(37)56-44)14-15-38-39(73-25-72-38)24-58(9)34-16-19-59(35)20-17-34)42-51(31(6)48(41)63)71-55(8,53(42)65)68-21-18-36(67-10)28(3)50(69-32(7)60)30(5)47(62)29(4)46(26)61/h11-13,18,21-23,26,28-30,34,36,38-39,46-47,50,61-62,64H,14-17,19-20,24-25H2,1-10H3,(H,57,66)/b12-11+,21-18+,27-13?. The number of thioether (sulfide) groups is 2. The Labute approximate surface area is 433 Å². The Morgan fingerprint density at radius 2 is 1.67 bits per heavy atom. The van der Waals surface area contributed by atoms with Crippen LogP contribution in [0.5, 0.6) is 11.5 Å². The molecule has 3 aromatic carbocycles. The van der Waals surface area contributed by atoms with Gasteiger partial charge in [0.2, 0.25) is 0 Å². The number of aromatic nitrogens is 1. The molecule has 0 spiro atoms. The molecule has 7 heterocycles. The summed E-state index contributed by atoms with van der Waals surface area (Å²) < 4.78 is 31.2. The van der Waals surface area contributed by atoms with Crippen LogP contribution in [0.4, 0.5) is 11.4 Å². The lowest BCUT2D eigenvalue weighted by atomic mass is 9.78. The fourth-order valence-corrected chi connectivity index (χ4v) is 15.0. The van der Waals surface area contributed by atoms with Gasteiger partial charge in [0, 0.05) is 114 Å². The molecule has 6 aliphatic heterocycles. The summed E-state index contributed by atoms with van der Waals surface area (Å²) in [6.07, 6.45) is 7.37. The number of amides is 1.